The molecular weight excluding hydrogens is 258 g/mol. The van der Waals surface area contributed by atoms with Gasteiger partial charge in [-0.05, 0) is 24.3 Å². The Morgan fingerprint density at radius 2 is 1.94 bits per heavy atom. The Morgan fingerprint density at radius 1 is 1.19 bits per heavy atom. The van der Waals surface area contributed by atoms with Crippen LogP contribution in [-0.2, 0) is 0 Å². The zero-order valence-corrected chi connectivity index (χ0v) is 11.0. The third-order valence-electron chi connectivity index (χ3n) is 2.15. The number of thiophene rings is 1. The van der Waals surface area contributed by atoms with E-state index in [2.05, 4.69) is 18.2 Å². The highest BCUT2D eigenvalue weighted by atomic mass is 35.5. The van der Waals surface area contributed by atoms with Gasteiger partial charge in [-0.25, -0.2) is 0 Å². The molecule has 0 spiro atoms. The number of benzene rings is 1. The van der Waals surface area contributed by atoms with Crippen LogP contribution in [0.2, 0.25) is 4.34 Å². The van der Waals surface area contributed by atoms with Crippen molar-refractivity contribution in [3.63, 3.8) is 0 Å². The van der Waals surface area contributed by atoms with E-state index >= 15 is 0 Å². The summed E-state index contributed by atoms with van der Waals surface area (Å²) in [5.41, 5.74) is 5.80. The van der Waals surface area contributed by atoms with Crippen LogP contribution >= 0.6 is 34.7 Å². The van der Waals surface area contributed by atoms with Crippen LogP contribution < -0.4 is 5.73 Å². The molecule has 1 aromatic heterocycles. The highest BCUT2D eigenvalue weighted by Gasteiger charge is 2.13. The molecule has 0 aliphatic rings. The maximum absolute atomic E-state index is 5.93. The molecule has 2 N–H and O–H groups in total. The second kappa shape index (κ2) is 5.73. The number of hydrogen-bond acceptors (Lipinski definition) is 3. The summed E-state index contributed by atoms with van der Waals surface area (Å²) in [7, 11) is 0. The maximum atomic E-state index is 5.93. The molecule has 0 radical (unpaired) electrons. The highest BCUT2D eigenvalue weighted by Crippen LogP contribution is 2.38. The van der Waals surface area contributed by atoms with E-state index < -0.39 is 0 Å². The minimum atomic E-state index is 0.292. The van der Waals surface area contributed by atoms with Crippen LogP contribution in [0.15, 0.2) is 47.4 Å². The molecule has 2 aromatic rings. The van der Waals surface area contributed by atoms with Gasteiger partial charge in [0.05, 0.1) is 9.59 Å². The Labute approximate surface area is 109 Å². The fourth-order valence-corrected chi connectivity index (χ4v) is 3.66. The predicted molar refractivity (Wildman–Crippen MR) is 73.4 cm³/mol. The molecule has 16 heavy (non-hydrogen) atoms. The molecular formula is C12H12ClNS2. The molecule has 0 saturated carbocycles. The lowest BCUT2D eigenvalue weighted by Gasteiger charge is -2.12. The Morgan fingerprint density at radius 3 is 2.50 bits per heavy atom. The van der Waals surface area contributed by atoms with Crippen LogP contribution in [0, 0.1) is 0 Å². The summed E-state index contributed by atoms with van der Waals surface area (Å²) >= 11 is 9.32. The smallest absolute Gasteiger partial charge is 0.0931 e. The highest BCUT2D eigenvalue weighted by molar-refractivity contribution is 7.99. The number of hydrogen-bond donors (Lipinski definition) is 1. The molecule has 2 rings (SSSR count). The first-order valence-electron chi connectivity index (χ1n) is 4.96. The molecule has 0 bridgehead atoms. The Kier molecular flexibility index (Phi) is 4.29. The Bertz CT molecular complexity index is 441. The van der Waals surface area contributed by atoms with Crippen molar-refractivity contribution in [1.82, 2.24) is 0 Å². The van der Waals surface area contributed by atoms with E-state index in [1.807, 2.05) is 24.3 Å². The van der Waals surface area contributed by atoms with Crippen molar-refractivity contribution in [2.24, 2.45) is 5.73 Å². The molecule has 0 saturated heterocycles. The van der Waals surface area contributed by atoms with Crippen LogP contribution in [0.1, 0.15) is 10.1 Å². The number of thioether (sulfide) groups is 1. The lowest BCUT2D eigenvalue weighted by atomic mass is 10.3. The van der Waals surface area contributed by atoms with Gasteiger partial charge in [-0.1, -0.05) is 29.8 Å². The van der Waals surface area contributed by atoms with Crippen molar-refractivity contribution in [2.45, 2.75) is 10.1 Å². The quantitative estimate of drug-likeness (QED) is 0.842. The Hall–Kier alpha value is -0.480. The SMILES string of the molecule is NCC(Sc1ccccc1)c1ccc(Cl)s1. The fraction of sp³-hybridized carbons (Fsp3) is 0.167. The number of nitrogens with two attached hydrogens (primary N) is 1. The van der Waals surface area contributed by atoms with Gasteiger partial charge in [0.2, 0.25) is 0 Å². The second-order valence-electron chi connectivity index (χ2n) is 3.30. The van der Waals surface area contributed by atoms with Crippen molar-refractivity contribution in [2.75, 3.05) is 6.54 Å². The van der Waals surface area contributed by atoms with E-state index in [0.717, 1.165) is 4.34 Å². The molecule has 0 amide bonds. The first-order valence-corrected chi connectivity index (χ1v) is 7.04. The molecule has 0 aliphatic heterocycles. The summed E-state index contributed by atoms with van der Waals surface area (Å²) < 4.78 is 0.821. The van der Waals surface area contributed by atoms with Gasteiger partial charge in [-0.15, -0.1) is 23.1 Å². The largest absolute Gasteiger partial charge is 0.329 e. The maximum Gasteiger partial charge on any atom is 0.0931 e. The molecule has 0 fully saturated rings. The van der Waals surface area contributed by atoms with Gasteiger partial charge in [0, 0.05) is 16.3 Å². The fourth-order valence-electron chi connectivity index (χ4n) is 1.39. The van der Waals surface area contributed by atoms with Crippen LogP contribution in [0.4, 0.5) is 0 Å². The molecule has 4 heteroatoms. The average molecular weight is 270 g/mol. The van der Waals surface area contributed by atoms with Gasteiger partial charge in [-0.3, -0.25) is 0 Å². The zero-order chi connectivity index (χ0) is 11.4. The molecule has 0 aliphatic carbocycles. The lowest BCUT2D eigenvalue weighted by Crippen LogP contribution is -2.07. The van der Waals surface area contributed by atoms with Gasteiger partial charge in [-0.2, -0.15) is 0 Å². The summed E-state index contributed by atoms with van der Waals surface area (Å²) in [6.45, 7) is 0.621. The molecule has 1 nitrogen and oxygen atoms in total. The summed E-state index contributed by atoms with van der Waals surface area (Å²) in [5.74, 6) is 0. The van der Waals surface area contributed by atoms with Crippen LogP contribution in [0.3, 0.4) is 0 Å². The van der Waals surface area contributed by atoms with E-state index in [1.54, 1.807) is 23.1 Å². The summed E-state index contributed by atoms with van der Waals surface area (Å²) in [4.78, 5) is 2.48. The van der Waals surface area contributed by atoms with Crippen LogP contribution in [-0.4, -0.2) is 6.54 Å². The van der Waals surface area contributed by atoms with Crippen molar-refractivity contribution in [1.29, 1.82) is 0 Å². The second-order valence-corrected chi connectivity index (χ2v) is 6.32. The van der Waals surface area contributed by atoms with Crippen molar-refractivity contribution < 1.29 is 0 Å². The monoisotopic (exact) mass is 269 g/mol. The van der Waals surface area contributed by atoms with E-state index in [-0.39, 0.29) is 0 Å². The van der Waals surface area contributed by atoms with Gasteiger partial charge < -0.3 is 5.73 Å². The van der Waals surface area contributed by atoms with Crippen molar-refractivity contribution >= 4 is 34.7 Å². The molecule has 1 unspecified atom stereocenters. The lowest BCUT2D eigenvalue weighted by molar-refractivity contribution is 0.960. The van der Waals surface area contributed by atoms with E-state index in [9.17, 15) is 0 Å². The van der Waals surface area contributed by atoms with E-state index in [0.29, 0.717) is 11.8 Å². The zero-order valence-electron chi connectivity index (χ0n) is 8.60. The predicted octanol–water partition coefficient (Wildman–Crippen LogP) is 4.19. The van der Waals surface area contributed by atoms with Crippen LogP contribution in [0.25, 0.3) is 0 Å². The number of halogens is 1. The first-order chi connectivity index (χ1) is 7.79. The van der Waals surface area contributed by atoms with Crippen molar-refractivity contribution in [3.8, 4) is 0 Å². The van der Waals surface area contributed by atoms with E-state index in [1.165, 1.54) is 9.77 Å². The Balaban J connectivity index is 2.12. The average Bonchev–Trinajstić information content (AvgIpc) is 2.74. The standard InChI is InChI=1S/C12H12ClNS2/c13-12-7-6-10(16-12)11(8-14)15-9-4-2-1-3-5-9/h1-7,11H,8,14H2. The molecule has 1 heterocycles. The summed E-state index contributed by atoms with van der Waals surface area (Å²) in [6, 6.07) is 14.3. The van der Waals surface area contributed by atoms with Gasteiger partial charge in [0.15, 0.2) is 0 Å². The molecule has 1 aromatic carbocycles. The van der Waals surface area contributed by atoms with E-state index in [4.69, 9.17) is 17.3 Å². The van der Waals surface area contributed by atoms with Crippen LogP contribution in [0.5, 0.6) is 0 Å². The normalized spacial score (nSPS) is 12.6. The number of rotatable bonds is 4. The van der Waals surface area contributed by atoms with Gasteiger partial charge in [0.1, 0.15) is 0 Å². The third-order valence-corrected chi connectivity index (χ3v) is 4.92. The van der Waals surface area contributed by atoms with Gasteiger partial charge in [0.25, 0.3) is 0 Å². The minimum Gasteiger partial charge on any atom is -0.329 e. The summed E-state index contributed by atoms with van der Waals surface area (Å²) in [6.07, 6.45) is 0. The minimum absolute atomic E-state index is 0.292. The molecule has 84 valence electrons. The first kappa shape index (κ1) is 12.0. The van der Waals surface area contributed by atoms with Gasteiger partial charge >= 0.3 is 0 Å². The van der Waals surface area contributed by atoms with Crippen molar-refractivity contribution in [3.05, 3.63) is 51.7 Å². The third kappa shape index (κ3) is 3.01. The molecule has 1 atom stereocenters. The summed E-state index contributed by atoms with van der Waals surface area (Å²) in [5, 5.41) is 0.292. The topological polar surface area (TPSA) is 26.0 Å².